The van der Waals surface area contributed by atoms with Crippen LogP contribution in [0.3, 0.4) is 0 Å². The van der Waals surface area contributed by atoms with E-state index in [1.54, 1.807) is 0 Å². The molecule has 2 rings (SSSR count). The molecule has 1 aliphatic heterocycles. The smallest absolute Gasteiger partial charge is 0.190 e. The Labute approximate surface area is 126 Å². The van der Waals surface area contributed by atoms with Crippen LogP contribution in [0.25, 0.3) is 0 Å². The normalized spacial score (nSPS) is 18.2. The number of aliphatic imine (C=N–C) groups is 1. The van der Waals surface area contributed by atoms with Crippen LogP contribution in [-0.4, -0.2) is 49.5 Å². The number of guanidine groups is 1. The van der Waals surface area contributed by atoms with E-state index in [4.69, 9.17) is 17.3 Å². The summed E-state index contributed by atoms with van der Waals surface area (Å²) in [7, 11) is 3.81. The monoisotopic (exact) mass is 294 g/mol. The highest BCUT2D eigenvalue weighted by Crippen LogP contribution is 2.27. The second-order valence-electron chi connectivity index (χ2n) is 5.41. The van der Waals surface area contributed by atoms with Crippen molar-refractivity contribution in [2.75, 3.05) is 33.7 Å². The van der Waals surface area contributed by atoms with Crippen molar-refractivity contribution in [2.45, 2.75) is 18.9 Å². The highest BCUT2D eigenvalue weighted by atomic mass is 35.5. The number of halogens is 1. The van der Waals surface area contributed by atoms with Gasteiger partial charge in [0.2, 0.25) is 0 Å². The molecule has 1 aliphatic rings. The summed E-state index contributed by atoms with van der Waals surface area (Å²) < 4.78 is 0. The van der Waals surface area contributed by atoms with E-state index in [2.05, 4.69) is 16.0 Å². The van der Waals surface area contributed by atoms with Crippen molar-refractivity contribution in [3.8, 4) is 0 Å². The number of nitrogens with zero attached hydrogens (tertiary/aromatic N) is 3. The Kier molecular flexibility index (Phi) is 5.26. The second kappa shape index (κ2) is 6.95. The van der Waals surface area contributed by atoms with Gasteiger partial charge in [0.1, 0.15) is 0 Å². The highest BCUT2D eigenvalue weighted by Gasteiger charge is 2.23. The summed E-state index contributed by atoms with van der Waals surface area (Å²) in [5.74, 6) is 0.566. The Morgan fingerprint density at radius 1 is 1.40 bits per heavy atom. The van der Waals surface area contributed by atoms with Crippen LogP contribution in [-0.2, 0) is 0 Å². The van der Waals surface area contributed by atoms with Gasteiger partial charge in [-0.1, -0.05) is 23.7 Å². The standard InChI is InChI=1S/C15H23ClN4/c1-19(2)15(17)18-11-14(20-8-3-4-9-20)12-6-5-7-13(16)10-12/h5-7,10,14H,3-4,8-9,11H2,1-2H3,(H2,17,18). The molecule has 1 aromatic rings. The summed E-state index contributed by atoms with van der Waals surface area (Å²) in [6, 6.07) is 8.32. The molecule has 1 unspecified atom stereocenters. The van der Waals surface area contributed by atoms with Gasteiger partial charge >= 0.3 is 0 Å². The molecule has 4 nitrogen and oxygen atoms in total. The lowest BCUT2D eigenvalue weighted by Gasteiger charge is -2.27. The zero-order chi connectivity index (χ0) is 14.5. The molecular formula is C15H23ClN4. The Morgan fingerprint density at radius 3 is 2.70 bits per heavy atom. The summed E-state index contributed by atoms with van der Waals surface area (Å²) >= 11 is 6.12. The van der Waals surface area contributed by atoms with Crippen LogP contribution in [0.15, 0.2) is 29.3 Å². The third-order valence-electron chi connectivity index (χ3n) is 3.70. The molecule has 1 heterocycles. The summed E-state index contributed by atoms with van der Waals surface area (Å²) in [5.41, 5.74) is 7.12. The molecule has 0 aliphatic carbocycles. The minimum Gasteiger partial charge on any atom is -0.370 e. The SMILES string of the molecule is CN(C)C(N)=NCC(c1cccc(Cl)c1)N1CCCC1. The summed E-state index contributed by atoms with van der Waals surface area (Å²) in [6.07, 6.45) is 2.51. The van der Waals surface area contributed by atoms with Gasteiger partial charge in [-0.3, -0.25) is 9.89 Å². The van der Waals surface area contributed by atoms with E-state index in [-0.39, 0.29) is 6.04 Å². The topological polar surface area (TPSA) is 44.9 Å². The van der Waals surface area contributed by atoms with Crippen molar-refractivity contribution in [3.63, 3.8) is 0 Å². The molecule has 0 saturated carbocycles. The van der Waals surface area contributed by atoms with Crippen molar-refractivity contribution in [2.24, 2.45) is 10.7 Å². The van der Waals surface area contributed by atoms with Gasteiger partial charge in [0, 0.05) is 19.1 Å². The first kappa shape index (κ1) is 15.1. The van der Waals surface area contributed by atoms with Crippen molar-refractivity contribution < 1.29 is 0 Å². The van der Waals surface area contributed by atoms with Crippen LogP contribution >= 0.6 is 11.6 Å². The number of likely N-dealkylation sites (tertiary alicyclic amines) is 1. The van der Waals surface area contributed by atoms with Crippen LogP contribution in [0, 0.1) is 0 Å². The zero-order valence-corrected chi connectivity index (χ0v) is 13.0. The number of rotatable bonds is 4. The van der Waals surface area contributed by atoms with Gasteiger partial charge in [0.15, 0.2) is 5.96 Å². The van der Waals surface area contributed by atoms with Crippen LogP contribution < -0.4 is 5.73 Å². The fourth-order valence-corrected chi connectivity index (χ4v) is 2.72. The Morgan fingerprint density at radius 2 is 2.10 bits per heavy atom. The van der Waals surface area contributed by atoms with E-state index in [1.165, 1.54) is 18.4 Å². The van der Waals surface area contributed by atoms with Gasteiger partial charge in [-0.2, -0.15) is 0 Å². The molecule has 1 fully saturated rings. The van der Waals surface area contributed by atoms with Crippen molar-refractivity contribution in [3.05, 3.63) is 34.9 Å². The molecule has 0 aromatic heterocycles. The van der Waals surface area contributed by atoms with Crippen molar-refractivity contribution >= 4 is 17.6 Å². The predicted molar refractivity (Wildman–Crippen MR) is 85.2 cm³/mol. The average molecular weight is 295 g/mol. The zero-order valence-electron chi connectivity index (χ0n) is 12.2. The maximum absolute atomic E-state index is 6.12. The van der Waals surface area contributed by atoms with Crippen molar-refractivity contribution in [1.82, 2.24) is 9.80 Å². The van der Waals surface area contributed by atoms with E-state index < -0.39 is 0 Å². The highest BCUT2D eigenvalue weighted by molar-refractivity contribution is 6.30. The molecule has 1 atom stereocenters. The molecule has 0 amide bonds. The molecule has 0 spiro atoms. The van der Waals surface area contributed by atoms with Gasteiger partial charge < -0.3 is 10.6 Å². The van der Waals surface area contributed by atoms with Gasteiger partial charge in [-0.25, -0.2) is 0 Å². The lowest BCUT2D eigenvalue weighted by Crippen LogP contribution is -2.33. The van der Waals surface area contributed by atoms with Crippen LogP contribution in [0.1, 0.15) is 24.4 Å². The van der Waals surface area contributed by atoms with E-state index >= 15 is 0 Å². The molecular weight excluding hydrogens is 272 g/mol. The Balaban J connectivity index is 2.18. The number of nitrogens with two attached hydrogens (primary N) is 1. The molecule has 20 heavy (non-hydrogen) atoms. The van der Waals surface area contributed by atoms with Gasteiger partial charge in [-0.15, -0.1) is 0 Å². The summed E-state index contributed by atoms with van der Waals surface area (Å²) in [6.45, 7) is 2.91. The first-order chi connectivity index (χ1) is 9.58. The van der Waals surface area contributed by atoms with E-state index in [0.717, 1.165) is 18.1 Å². The predicted octanol–water partition coefficient (Wildman–Crippen LogP) is 2.35. The largest absolute Gasteiger partial charge is 0.370 e. The maximum Gasteiger partial charge on any atom is 0.190 e. The fraction of sp³-hybridized carbons (Fsp3) is 0.533. The molecule has 1 aromatic carbocycles. The van der Waals surface area contributed by atoms with E-state index in [9.17, 15) is 0 Å². The Hall–Kier alpha value is -1.26. The Bertz CT molecular complexity index is 467. The molecule has 0 radical (unpaired) electrons. The molecule has 0 bridgehead atoms. The lowest BCUT2D eigenvalue weighted by atomic mass is 10.1. The maximum atomic E-state index is 6.12. The number of benzene rings is 1. The molecule has 2 N–H and O–H groups in total. The average Bonchev–Trinajstić information content (AvgIpc) is 2.92. The van der Waals surface area contributed by atoms with Gasteiger partial charge in [0.25, 0.3) is 0 Å². The lowest BCUT2D eigenvalue weighted by molar-refractivity contribution is 0.251. The molecule has 5 heteroatoms. The fourth-order valence-electron chi connectivity index (χ4n) is 2.52. The van der Waals surface area contributed by atoms with E-state index in [0.29, 0.717) is 12.5 Å². The van der Waals surface area contributed by atoms with Crippen LogP contribution in [0.2, 0.25) is 5.02 Å². The number of hydrogen-bond acceptors (Lipinski definition) is 2. The van der Waals surface area contributed by atoms with Crippen LogP contribution in [0.5, 0.6) is 0 Å². The third-order valence-corrected chi connectivity index (χ3v) is 3.93. The first-order valence-electron chi connectivity index (χ1n) is 7.04. The molecule has 110 valence electrons. The molecule has 1 saturated heterocycles. The quantitative estimate of drug-likeness (QED) is 0.685. The summed E-state index contributed by atoms with van der Waals surface area (Å²) in [5, 5.41) is 0.774. The first-order valence-corrected chi connectivity index (χ1v) is 7.42. The third kappa shape index (κ3) is 3.87. The second-order valence-corrected chi connectivity index (χ2v) is 5.84. The minimum atomic E-state index is 0.259. The van der Waals surface area contributed by atoms with Gasteiger partial charge in [0.05, 0.1) is 12.6 Å². The van der Waals surface area contributed by atoms with E-state index in [1.807, 2.05) is 37.2 Å². The van der Waals surface area contributed by atoms with Crippen molar-refractivity contribution in [1.29, 1.82) is 0 Å². The summed E-state index contributed by atoms with van der Waals surface area (Å²) in [4.78, 5) is 8.81. The van der Waals surface area contributed by atoms with Gasteiger partial charge in [-0.05, 0) is 43.6 Å². The van der Waals surface area contributed by atoms with Crippen LogP contribution in [0.4, 0.5) is 0 Å². The minimum absolute atomic E-state index is 0.259. The number of hydrogen-bond donors (Lipinski definition) is 1.